The summed E-state index contributed by atoms with van der Waals surface area (Å²) in [7, 11) is 0.760. The summed E-state index contributed by atoms with van der Waals surface area (Å²) in [4.78, 5) is 24.8. The lowest BCUT2D eigenvalue weighted by Gasteiger charge is -2.46. The van der Waals surface area contributed by atoms with Crippen molar-refractivity contribution in [3.8, 4) is 0 Å². The molecule has 4 atom stereocenters. The lowest BCUT2D eigenvalue weighted by Crippen LogP contribution is -2.68. The molecule has 1 saturated heterocycles. The van der Waals surface area contributed by atoms with Crippen molar-refractivity contribution in [2.75, 3.05) is 19.8 Å². The maximum Gasteiger partial charge on any atom is 0.354 e. The maximum absolute atomic E-state index is 12.5. The molecule has 0 aromatic carbocycles. The lowest BCUT2D eigenvalue weighted by atomic mass is 9.74. The molecule has 1 fully saturated rings. The monoisotopic (exact) mass is 314 g/mol. The molecule has 21 heavy (non-hydrogen) atoms. The normalized spacial score (nSPS) is 38.6. The third-order valence-corrected chi connectivity index (χ3v) is 4.94. The van der Waals surface area contributed by atoms with Crippen molar-refractivity contribution in [1.82, 2.24) is 0 Å². The molecule has 1 aliphatic heterocycles. The molecule has 1 heterocycles. The summed E-state index contributed by atoms with van der Waals surface area (Å²) >= 11 is 0. The molecule has 0 radical (unpaired) electrons. The first-order valence-electron chi connectivity index (χ1n) is 7.35. The van der Waals surface area contributed by atoms with Crippen LogP contribution in [0.1, 0.15) is 20.8 Å². The summed E-state index contributed by atoms with van der Waals surface area (Å²) in [5, 5.41) is 0. The Balaban J connectivity index is 2.64. The van der Waals surface area contributed by atoms with Gasteiger partial charge in [-0.1, -0.05) is 6.08 Å². The van der Waals surface area contributed by atoms with Gasteiger partial charge in [-0.25, -0.2) is 9.59 Å². The van der Waals surface area contributed by atoms with Gasteiger partial charge in [-0.15, -0.1) is 0 Å². The summed E-state index contributed by atoms with van der Waals surface area (Å²) in [6.45, 7) is 6.30. The minimum absolute atomic E-state index is 0.0310. The van der Waals surface area contributed by atoms with Crippen molar-refractivity contribution in [1.29, 1.82) is 0 Å². The van der Waals surface area contributed by atoms with Gasteiger partial charge in [0.1, 0.15) is 6.10 Å². The van der Waals surface area contributed by atoms with E-state index < -0.39 is 29.2 Å². The Hall–Kier alpha value is -1.02. The Kier molecular flexibility index (Phi) is 4.67. The van der Waals surface area contributed by atoms with Crippen molar-refractivity contribution in [3.05, 3.63) is 12.2 Å². The van der Waals surface area contributed by atoms with E-state index >= 15 is 0 Å². The van der Waals surface area contributed by atoms with Gasteiger partial charge in [0.25, 0.3) is 0 Å². The van der Waals surface area contributed by atoms with E-state index in [4.69, 9.17) is 18.9 Å². The quantitative estimate of drug-likeness (QED) is 0.291. The molecule has 0 N–H and O–H groups in total. The number of esters is 2. The van der Waals surface area contributed by atoms with Crippen molar-refractivity contribution < 1.29 is 28.5 Å². The molecule has 118 valence electrons. The molecular formula is C14H22O6Si. The number of carbonyl (C=O) groups is 2. The number of fused-ring (bicyclic) bond motifs is 1. The fourth-order valence-electron chi connectivity index (χ4n) is 3.18. The summed E-state index contributed by atoms with van der Waals surface area (Å²) in [6, 6.07) is 0. The molecule has 6 nitrogen and oxygen atoms in total. The zero-order chi connectivity index (χ0) is 15.7. The minimum atomic E-state index is -1.55. The van der Waals surface area contributed by atoms with Crippen molar-refractivity contribution >= 4 is 22.2 Å². The van der Waals surface area contributed by atoms with E-state index in [1.807, 2.05) is 13.0 Å². The Morgan fingerprint density at radius 2 is 1.81 bits per heavy atom. The predicted molar refractivity (Wildman–Crippen MR) is 78.1 cm³/mol. The highest BCUT2D eigenvalue weighted by Crippen LogP contribution is 2.49. The van der Waals surface area contributed by atoms with Gasteiger partial charge in [0.05, 0.1) is 0 Å². The topological polar surface area (TPSA) is 71.1 Å². The van der Waals surface area contributed by atoms with E-state index in [-0.39, 0.29) is 18.8 Å². The van der Waals surface area contributed by atoms with Crippen LogP contribution in [-0.2, 0) is 28.5 Å². The minimum Gasteiger partial charge on any atom is -0.388 e. The Morgan fingerprint density at radius 1 is 1.14 bits per heavy atom. The van der Waals surface area contributed by atoms with E-state index in [1.54, 1.807) is 19.9 Å². The predicted octanol–water partition coefficient (Wildman–Crippen LogP) is -0.251. The number of rotatable bonds is 6. The average Bonchev–Trinajstić information content (AvgIpc) is 2.65. The maximum atomic E-state index is 12.5. The van der Waals surface area contributed by atoms with E-state index in [0.29, 0.717) is 6.61 Å². The van der Waals surface area contributed by atoms with Crippen LogP contribution in [0.4, 0.5) is 0 Å². The van der Waals surface area contributed by atoms with Gasteiger partial charge in [0.2, 0.25) is 11.2 Å². The van der Waals surface area contributed by atoms with Crippen LogP contribution in [0, 0.1) is 0 Å². The van der Waals surface area contributed by atoms with Gasteiger partial charge in [-0.3, -0.25) is 0 Å². The summed E-state index contributed by atoms with van der Waals surface area (Å²) in [5.74, 6) is -1.44. The molecule has 2 aliphatic rings. The fraction of sp³-hybridized carbons (Fsp3) is 0.714. The van der Waals surface area contributed by atoms with Crippen molar-refractivity contribution in [2.24, 2.45) is 0 Å². The Labute approximate surface area is 127 Å². The summed E-state index contributed by atoms with van der Waals surface area (Å²) in [6.07, 6.45) is 2.91. The Bertz CT molecular complexity index is 464. The number of hydrogen-bond donors (Lipinski definition) is 0. The highest BCUT2D eigenvalue weighted by atomic mass is 28.1. The van der Waals surface area contributed by atoms with Gasteiger partial charge in [-0.05, 0) is 32.4 Å². The Morgan fingerprint density at radius 3 is 2.38 bits per heavy atom. The summed E-state index contributed by atoms with van der Waals surface area (Å²) < 4.78 is 22.2. The van der Waals surface area contributed by atoms with Crippen molar-refractivity contribution in [3.63, 3.8) is 0 Å². The number of carbonyl (C=O) groups excluding carboxylic acids is 2. The second-order valence-electron chi connectivity index (χ2n) is 5.11. The van der Waals surface area contributed by atoms with Crippen LogP contribution < -0.4 is 0 Å². The van der Waals surface area contributed by atoms with Crippen LogP contribution in [0.5, 0.6) is 0 Å². The molecule has 0 aromatic rings. The zero-order valence-corrected chi connectivity index (χ0v) is 14.9. The largest absolute Gasteiger partial charge is 0.388 e. The van der Waals surface area contributed by atoms with Gasteiger partial charge < -0.3 is 18.9 Å². The summed E-state index contributed by atoms with van der Waals surface area (Å²) in [5.41, 5.74) is -3.06. The highest BCUT2D eigenvalue weighted by molar-refractivity contribution is 6.16. The smallest absolute Gasteiger partial charge is 0.354 e. The van der Waals surface area contributed by atoms with Crippen LogP contribution in [-0.4, -0.2) is 59.3 Å². The van der Waals surface area contributed by atoms with Crippen molar-refractivity contribution in [2.45, 2.75) is 43.6 Å². The number of cyclic esters (lactones) is 2. The molecule has 4 unspecified atom stereocenters. The molecular weight excluding hydrogens is 292 g/mol. The van der Waals surface area contributed by atoms with E-state index in [9.17, 15) is 9.59 Å². The number of ether oxygens (including phenoxy) is 4. The average molecular weight is 314 g/mol. The first kappa shape index (κ1) is 16.3. The van der Waals surface area contributed by atoms with Crippen LogP contribution in [0.15, 0.2) is 12.2 Å². The molecule has 7 heteroatoms. The first-order valence-corrected chi connectivity index (χ1v) is 8.51. The number of hydrogen-bond acceptors (Lipinski definition) is 6. The van der Waals surface area contributed by atoms with Crippen LogP contribution in [0.2, 0.25) is 5.54 Å². The fourth-order valence-corrected chi connectivity index (χ4v) is 4.04. The molecule has 0 aromatic heterocycles. The van der Waals surface area contributed by atoms with Crippen LogP contribution >= 0.6 is 0 Å². The molecule has 0 saturated carbocycles. The second kappa shape index (κ2) is 6.00. The van der Waals surface area contributed by atoms with E-state index in [0.717, 1.165) is 10.2 Å². The van der Waals surface area contributed by atoms with E-state index in [2.05, 4.69) is 0 Å². The second-order valence-corrected chi connectivity index (χ2v) is 6.44. The third kappa shape index (κ3) is 2.10. The third-order valence-electron chi connectivity index (χ3n) is 3.95. The molecule has 0 amide bonds. The van der Waals surface area contributed by atoms with E-state index in [1.165, 1.54) is 0 Å². The van der Waals surface area contributed by atoms with Gasteiger partial charge in [0.15, 0.2) is 0 Å². The van der Waals surface area contributed by atoms with Crippen LogP contribution in [0.25, 0.3) is 0 Å². The van der Waals surface area contributed by atoms with Crippen LogP contribution in [0.3, 0.4) is 0 Å². The van der Waals surface area contributed by atoms with Gasteiger partial charge in [0, 0.05) is 30.1 Å². The first-order chi connectivity index (χ1) is 10.00. The molecule has 0 bridgehead atoms. The highest BCUT2D eigenvalue weighted by Gasteiger charge is 2.75. The standard InChI is InChI=1S/C14H22O6Si/c1-4-17-10-9(21)7-8-13(18-5-2)11(15)20-12(16)14(10,13)19-6-3/h7-10H,4-6H2,1-3,21H3. The molecule has 0 spiro atoms. The van der Waals surface area contributed by atoms with Gasteiger partial charge >= 0.3 is 11.9 Å². The molecule has 1 aliphatic carbocycles. The SMILES string of the molecule is CCOC1C([SiH3])C=CC2(OCC)C(=O)OC(=O)C12OCC. The van der Waals surface area contributed by atoms with Gasteiger partial charge in [-0.2, -0.15) is 0 Å². The lowest BCUT2D eigenvalue weighted by molar-refractivity contribution is -0.218. The zero-order valence-electron chi connectivity index (χ0n) is 12.9. The molecule has 2 rings (SSSR count).